The van der Waals surface area contributed by atoms with Crippen LogP contribution in [0.15, 0.2) is 47.4 Å². The number of alkyl halides is 3. The number of benzene rings is 2. The first-order chi connectivity index (χ1) is 17.5. The van der Waals surface area contributed by atoms with Crippen molar-refractivity contribution in [1.29, 1.82) is 0 Å². The van der Waals surface area contributed by atoms with Gasteiger partial charge >= 0.3 is 12.1 Å². The fourth-order valence-corrected chi connectivity index (χ4v) is 5.57. The molecule has 1 aliphatic rings. The zero-order valence-corrected chi connectivity index (χ0v) is 22.2. The molecule has 3 rings (SSSR count). The van der Waals surface area contributed by atoms with Gasteiger partial charge in [0.15, 0.2) is 0 Å². The Morgan fingerprint density at radius 1 is 1.13 bits per heavy atom. The highest BCUT2D eigenvalue weighted by Gasteiger charge is 2.50. The minimum Gasteiger partial charge on any atom is -0.486 e. The molecule has 0 aliphatic carbocycles. The number of hydrogen-bond donors (Lipinski definition) is 0. The van der Waals surface area contributed by atoms with E-state index in [2.05, 4.69) is 4.74 Å². The van der Waals surface area contributed by atoms with E-state index in [1.807, 2.05) is 6.92 Å². The molecule has 1 heterocycles. The number of sulfonamides is 1. The summed E-state index contributed by atoms with van der Waals surface area (Å²) in [7, 11) is -4.25. The molecule has 2 aromatic carbocycles. The van der Waals surface area contributed by atoms with Gasteiger partial charge in [-0.25, -0.2) is 12.8 Å². The largest absolute Gasteiger partial charge is 0.486 e. The Morgan fingerprint density at radius 2 is 1.76 bits per heavy atom. The van der Waals surface area contributed by atoms with E-state index in [9.17, 15) is 35.6 Å². The lowest BCUT2D eigenvalue weighted by molar-refractivity contribution is -0.257. The molecular weight excluding hydrogens is 530 g/mol. The van der Waals surface area contributed by atoms with Crippen LogP contribution in [0, 0.1) is 11.7 Å². The molecule has 7 nitrogen and oxygen atoms in total. The number of carbonyl (C=O) groups excluding carboxylic acids is 2. The van der Waals surface area contributed by atoms with Gasteiger partial charge in [0, 0.05) is 12.3 Å². The van der Waals surface area contributed by atoms with Crippen LogP contribution in [0.1, 0.15) is 46.1 Å². The van der Waals surface area contributed by atoms with Gasteiger partial charge in [0.05, 0.1) is 23.5 Å². The molecule has 0 unspecified atom stereocenters. The number of halogens is 4. The molecule has 2 aromatic rings. The Kier molecular flexibility index (Phi) is 8.45. The molecule has 1 aliphatic heterocycles. The first kappa shape index (κ1) is 29.4. The topological polar surface area (TPSA) is 90.0 Å². The van der Waals surface area contributed by atoms with Crippen LogP contribution in [0.4, 0.5) is 23.2 Å². The second-order valence-electron chi connectivity index (χ2n) is 9.68. The van der Waals surface area contributed by atoms with Crippen LogP contribution in [0.5, 0.6) is 5.75 Å². The van der Waals surface area contributed by atoms with Crippen LogP contribution >= 0.6 is 0 Å². The lowest BCUT2D eigenvalue weighted by Gasteiger charge is -2.38. The van der Waals surface area contributed by atoms with Crippen molar-refractivity contribution >= 4 is 27.5 Å². The second kappa shape index (κ2) is 10.9. The molecule has 0 fully saturated rings. The zero-order chi connectivity index (χ0) is 28.5. The average molecular weight is 560 g/mol. The van der Waals surface area contributed by atoms with E-state index in [0.717, 1.165) is 42.4 Å². The fraction of sp³-hybridized carbons (Fsp3) is 0.462. The zero-order valence-electron chi connectivity index (χ0n) is 21.3. The van der Waals surface area contributed by atoms with E-state index in [4.69, 9.17) is 4.74 Å². The number of fused-ring (bicyclic) bond motifs is 1. The Labute approximate surface area is 218 Å². The third kappa shape index (κ3) is 6.46. The van der Waals surface area contributed by atoms with Crippen molar-refractivity contribution in [3.63, 3.8) is 0 Å². The van der Waals surface area contributed by atoms with Crippen LogP contribution in [0.2, 0.25) is 0 Å². The summed E-state index contributed by atoms with van der Waals surface area (Å²) in [5.74, 6) is -2.01. The number of ether oxygens (including phenoxy) is 2. The Bertz CT molecular complexity index is 1290. The van der Waals surface area contributed by atoms with Crippen LogP contribution in [-0.4, -0.2) is 44.6 Å². The molecule has 2 atom stereocenters. The van der Waals surface area contributed by atoms with Crippen molar-refractivity contribution in [3.05, 3.63) is 53.8 Å². The standard InChI is InChI=1S/C26H29F4NO6S/c1-5-18(12-16(2)32)23-15-31(38(34,35)20-9-7-19(27)8-10-20)21-13-17(6-11-22(21)36-23)14-24(33)37-25(3,4)26(28,29)30/h6-11,13,18,23H,5,12,14-15H2,1-4H3/t18-,23-/m1/s1. The van der Waals surface area contributed by atoms with Crippen LogP contribution in [-0.2, 0) is 30.8 Å². The number of carbonyl (C=O) groups is 2. The van der Waals surface area contributed by atoms with Crippen molar-refractivity contribution in [3.8, 4) is 5.75 Å². The summed E-state index contributed by atoms with van der Waals surface area (Å²) in [5.41, 5.74) is -2.45. The minimum absolute atomic E-state index is 0.0589. The molecule has 38 heavy (non-hydrogen) atoms. The first-order valence-corrected chi connectivity index (χ1v) is 13.3. The van der Waals surface area contributed by atoms with Crippen LogP contribution in [0.3, 0.4) is 0 Å². The van der Waals surface area contributed by atoms with E-state index in [1.165, 1.54) is 25.1 Å². The molecule has 0 amide bonds. The summed E-state index contributed by atoms with van der Waals surface area (Å²) in [6.07, 6.45) is -5.32. The number of esters is 1. The summed E-state index contributed by atoms with van der Waals surface area (Å²) in [6, 6.07) is 8.42. The normalized spacial score (nSPS) is 16.8. The van der Waals surface area contributed by atoms with Gasteiger partial charge in [-0.3, -0.25) is 9.10 Å². The molecule has 0 radical (unpaired) electrons. The van der Waals surface area contributed by atoms with Gasteiger partial charge in [-0.15, -0.1) is 0 Å². The monoisotopic (exact) mass is 559 g/mol. The Morgan fingerprint density at radius 3 is 2.32 bits per heavy atom. The highest BCUT2D eigenvalue weighted by molar-refractivity contribution is 7.92. The Balaban J connectivity index is 2.00. The van der Waals surface area contributed by atoms with E-state index in [1.54, 1.807) is 0 Å². The average Bonchev–Trinajstić information content (AvgIpc) is 2.80. The third-order valence-corrected chi connectivity index (χ3v) is 8.11. The molecule has 12 heteroatoms. The first-order valence-electron chi connectivity index (χ1n) is 11.9. The van der Waals surface area contributed by atoms with Crippen molar-refractivity contribution in [2.75, 3.05) is 10.8 Å². The molecule has 0 aromatic heterocycles. The highest BCUT2D eigenvalue weighted by atomic mass is 32.2. The molecule has 0 saturated carbocycles. The predicted octanol–water partition coefficient (Wildman–Crippen LogP) is 5.21. The summed E-state index contributed by atoms with van der Waals surface area (Å²) in [4.78, 5) is 23.9. The SMILES string of the molecule is CC[C@H](CC(C)=O)[C@H]1CN(S(=O)(=O)c2ccc(F)cc2)c2cc(CC(=O)OC(C)(C)C(F)(F)F)ccc2O1. The van der Waals surface area contributed by atoms with Gasteiger partial charge in [-0.2, -0.15) is 13.2 Å². The van der Waals surface area contributed by atoms with E-state index >= 15 is 0 Å². The van der Waals surface area contributed by atoms with Gasteiger partial charge in [-0.05, 0) is 69.2 Å². The predicted molar refractivity (Wildman–Crippen MR) is 131 cm³/mol. The smallest absolute Gasteiger partial charge is 0.427 e. The molecular formula is C26H29F4NO6S. The Hall–Kier alpha value is -3.15. The lowest BCUT2D eigenvalue weighted by atomic mass is 9.92. The summed E-state index contributed by atoms with van der Waals surface area (Å²) >= 11 is 0. The summed E-state index contributed by atoms with van der Waals surface area (Å²) < 4.78 is 91.9. The van der Waals surface area contributed by atoms with Gasteiger partial charge < -0.3 is 14.3 Å². The molecule has 208 valence electrons. The van der Waals surface area contributed by atoms with Crippen molar-refractivity contribution in [2.24, 2.45) is 5.92 Å². The quantitative estimate of drug-likeness (QED) is 0.309. The number of nitrogens with zero attached hydrogens (tertiary/aromatic N) is 1. The van der Waals surface area contributed by atoms with E-state index in [-0.39, 0.29) is 46.6 Å². The van der Waals surface area contributed by atoms with Gasteiger partial charge in [0.25, 0.3) is 10.0 Å². The number of hydrogen-bond acceptors (Lipinski definition) is 6. The second-order valence-corrected chi connectivity index (χ2v) is 11.5. The maximum absolute atomic E-state index is 13.6. The lowest BCUT2D eigenvalue weighted by Crippen LogP contribution is -2.47. The summed E-state index contributed by atoms with van der Waals surface area (Å²) in [5, 5.41) is 0. The third-order valence-electron chi connectivity index (χ3n) is 6.32. The van der Waals surface area contributed by atoms with Crippen LogP contribution < -0.4 is 9.04 Å². The van der Waals surface area contributed by atoms with E-state index < -0.39 is 46.1 Å². The maximum atomic E-state index is 13.6. The number of rotatable bonds is 9. The number of ketones is 1. The number of anilines is 1. The maximum Gasteiger partial charge on any atom is 0.427 e. The molecule has 0 spiro atoms. The fourth-order valence-electron chi connectivity index (χ4n) is 4.09. The van der Waals surface area contributed by atoms with E-state index in [0.29, 0.717) is 6.42 Å². The highest BCUT2D eigenvalue weighted by Crippen LogP contribution is 2.40. The molecule has 0 bridgehead atoms. The van der Waals surface area contributed by atoms with Crippen molar-refractivity contribution < 1.29 is 45.0 Å². The number of Topliss-reactive ketones (excluding diaryl/α,β-unsaturated/α-hetero) is 1. The van der Waals surface area contributed by atoms with Crippen molar-refractivity contribution in [2.45, 2.75) is 69.7 Å². The van der Waals surface area contributed by atoms with Gasteiger partial charge in [0.2, 0.25) is 5.60 Å². The van der Waals surface area contributed by atoms with Gasteiger partial charge in [0.1, 0.15) is 23.5 Å². The van der Waals surface area contributed by atoms with Crippen molar-refractivity contribution in [1.82, 2.24) is 0 Å². The van der Waals surface area contributed by atoms with Gasteiger partial charge in [-0.1, -0.05) is 13.0 Å². The molecule has 0 saturated heterocycles. The minimum atomic E-state index is -4.78. The molecule has 0 N–H and O–H groups in total. The van der Waals surface area contributed by atoms with Crippen LogP contribution in [0.25, 0.3) is 0 Å². The summed E-state index contributed by atoms with van der Waals surface area (Å²) in [6.45, 7) is 4.57.